The minimum Gasteiger partial charge on any atom is -0.478 e. The number of anilines is 2. The largest absolute Gasteiger partial charge is 0.478 e. The van der Waals surface area contributed by atoms with Crippen molar-refractivity contribution < 1.29 is 14.3 Å². The van der Waals surface area contributed by atoms with Crippen molar-refractivity contribution in [1.29, 1.82) is 0 Å². The molecule has 0 amide bonds. The van der Waals surface area contributed by atoms with E-state index in [1.54, 1.807) is 36.4 Å². The van der Waals surface area contributed by atoms with E-state index >= 15 is 0 Å². The van der Waals surface area contributed by atoms with E-state index in [-0.39, 0.29) is 11.4 Å². The molecule has 0 radical (unpaired) electrons. The molecule has 0 spiro atoms. The van der Waals surface area contributed by atoms with Crippen LogP contribution in [0, 0.1) is 5.82 Å². The van der Waals surface area contributed by atoms with Crippen molar-refractivity contribution in [2.45, 2.75) is 19.6 Å². The number of rotatable bonds is 6. The molecule has 1 aliphatic heterocycles. The maximum atomic E-state index is 14.7. The van der Waals surface area contributed by atoms with E-state index in [1.807, 2.05) is 42.1 Å². The van der Waals surface area contributed by atoms with Gasteiger partial charge in [0.2, 0.25) is 0 Å². The van der Waals surface area contributed by atoms with E-state index in [4.69, 9.17) is 5.10 Å². The van der Waals surface area contributed by atoms with Crippen LogP contribution in [0.25, 0.3) is 11.3 Å². The van der Waals surface area contributed by atoms with Gasteiger partial charge in [-0.1, -0.05) is 36.4 Å². The molecule has 5 rings (SSSR count). The van der Waals surface area contributed by atoms with Crippen LogP contribution < -0.4 is 5.32 Å². The Balaban J connectivity index is 1.49. The van der Waals surface area contributed by atoms with Gasteiger partial charge in [0.1, 0.15) is 5.82 Å². The smallest absolute Gasteiger partial charge is 0.337 e. The number of para-hydroxylation sites is 1. The number of carboxylic acid groups (broad SMARTS) is 1. The first-order valence-electron chi connectivity index (χ1n) is 10.7. The van der Waals surface area contributed by atoms with Gasteiger partial charge in [0.25, 0.3) is 0 Å². The topological polar surface area (TPSA) is 70.4 Å². The highest BCUT2D eigenvalue weighted by Gasteiger charge is 2.27. The van der Waals surface area contributed by atoms with E-state index in [0.717, 1.165) is 41.3 Å². The van der Waals surface area contributed by atoms with Gasteiger partial charge in [0.05, 0.1) is 29.2 Å². The Morgan fingerprint density at radius 2 is 1.85 bits per heavy atom. The second kappa shape index (κ2) is 8.52. The summed E-state index contributed by atoms with van der Waals surface area (Å²) in [5.41, 5.74) is 5.86. The van der Waals surface area contributed by atoms with E-state index in [2.05, 4.69) is 10.2 Å². The van der Waals surface area contributed by atoms with Gasteiger partial charge in [-0.25, -0.2) is 9.18 Å². The molecule has 1 aromatic heterocycles. The number of halogens is 1. The first kappa shape index (κ1) is 20.9. The molecule has 0 aliphatic carbocycles. The molecule has 0 bridgehead atoms. The molecule has 33 heavy (non-hydrogen) atoms. The van der Waals surface area contributed by atoms with Gasteiger partial charge in [-0.15, -0.1) is 0 Å². The predicted molar refractivity (Wildman–Crippen MR) is 125 cm³/mol. The van der Waals surface area contributed by atoms with Crippen molar-refractivity contribution in [3.63, 3.8) is 0 Å². The third kappa shape index (κ3) is 4.10. The molecule has 2 heterocycles. The molecule has 166 valence electrons. The number of benzene rings is 3. The van der Waals surface area contributed by atoms with Crippen LogP contribution in [0.1, 0.15) is 27.2 Å². The molecule has 3 aromatic carbocycles. The highest BCUT2D eigenvalue weighted by atomic mass is 19.1. The number of carboxylic acids is 1. The lowest BCUT2D eigenvalue weighted by atomic mass is 10.1. The highest BCUT2D eigenvalue weighted by Crippen LogP contribution is 2.34. The van der Waals surface area contributed by atoms with E-state index < -0.39 is 5.97 Å². The third-order valence-corrected chi connectivity index (χ3v) is 5.81. The van der Waals surface area contributed by atoms with Gasteiger partial charge in [-0.05, 0) is 49.0 Å². The van der Waals surface area contributed by atoms with Crippen LogP contribution >= 0.6 is 0 Å². The quantitative estimate of drug-likeness (QED) is 0.434. The first-order chi connectivity index (χ1) is 16.0. The van der Waals surface area contributed by atoms with Crippen LogP contribution in [0.15, 0.2) is 72.8 Å². The van der Waals surface area contributed by atoms with Crippen LogP contribution in [-0.2, 0) is 19.6 Å². The molecule has 7 heteroatoms. The summed E-state index contributed by atoms with van der Waals surface area (Å²) in [6.45, 7) is 1.93. The fourth-order valence-corrected chi connectivity index (χ4v) is 4.35. The molecule has 0 atom stereocenters. The maximum Gasteiger partial charge on any atom is 0.337 e. The average molecular weight is 442 g/mol. The fourth-order valence-electron chi connectivity index (χ4n) is 4.35. The Morgan fingerprint density at radius 1 is 1.06 bits per heavy atom. The van der Waals surface area contributed by atoms with Gasteiger partial charge in [0.15, 0.2) is 0 Å². The number of fused-ring (bicyclic) bond motifs is 1. The molecule has 0 saturated carbocycles. The van der Waals surface area contributed by atoms with Gasteiger partial charge in [0, 0.05) is 29.9 Å². The van der Waals surface area contributed by atoms with Crippen molar-refractivity contribution in [2.24, 2.45) is 0 Å². The number of hydrogen-bond acceptors (Lipinski definition) is 4. The minimum atomic E-state index is -0.986. The molecule has 0 saturated heterocycles. The average Bonchev–Trinajstić information content (AvgIpc) is 3.30. The van der Waals surface area contributed by atoms with Crippen molar-refractivity contribution in [1.82, 2.24) is 14.7 Å². The first-order valence-corrected chi connectivity index (χ1v) is 10.7. The van der Waals surface area contributed by atoms with Crippen LogP contribution in [0.5, 0.6) is 0 Å². The second-order valence-electron chi connectivity index (χ2n) is 8.26. The highest BCUT2D eigenvalue weighted by molar-refractivity contribution is 5.95. The lowest BCUT2D eigenvalue weighted by Crippen LogP contribution is -2.13. The van der Waals surface area contributed by atoms with Crippen LogP contribution in [0.3, 0.4) is 0 Å². The molecule has 0 unspecified atom stereocenters. The van der Waals surface area contributed by atoms with E-state index in [9.17, 15) is 14.3 Å². The second-order valence-corrected chi connectivity index (χ2v) is 8.26. The third-order valence-electron chi connectivity index (χ3n) is 5.81. The van der Waals surface area contributed by atoms with Gasteiger partial charge in [-0.2, -0.15) is 5.10 Å². The fraction of sp³-hybridized carbons (Fsp3) is 0.154. The van der Waals surface area contributed by atoms with Gasteiger partial charge < -0.3 is 10.4 Å². The summed E-state index contributed by atoms with van der Waals surface area (Å²) in [6.07, 6.45) is 0. The molecule has 6 nitrogen and oxygen atoms in total. The summed E-state index contributed by atoms with van der Waals surface area (Å²) in [5.74, 6) is -1.25. The Labute approximate surface area is 190 Å². The number of nitrogens with zero attached hydrogens (tertiary/aromatic N) is 3. The number of hydrogen-bond donors (Lipinski definition) is 2. The molecule has 2 N–H and O–H groups in total. The van der Waals surface area contributed by atoms with Crippen molar-refractivity contribution >= 4 is 17.3 Å². The summed E-state index contributed by atoms with van der Waals surface area (Å²) in [5, 5.41) is 17.5. The summed E-state index contributed by atoms with van der Waals surface area (Å²) < 4.78 is 16.6. The molecular weight excluding hydrogens is 419 g/mol. The summed E-state index contributed by atoms with van der Waals surface area (Å²) >= 11 is 0. The van der Waals surface area contributed by atoms with Crippen molar-refractivity contribution in [3.05, 3.63) is 101 Å². The summed E-state index contributed by atoms with van der Waals surface area (Å²) in [4.78, 5) is 13.7. The molecule has 4 aromatic rings. The Morgan fingerprint density at radius 3 is 2.67 bits per heavy atom. The lowest BCUT2D eigenvalue weighted by molar-refractivity contribution is 0.0698. The lowest BCUT2D eigenvalue weighted by Gasteiger charge is -2.14. The number of carbonyl (C=O) groups is 1. The zero-order chi connectivity index (χ0) is 22.9. The maximum absolute atomic E-state index is 14.7. The Hall–Kier alpha value is -3.97. The Kier molecular flexibility index (Phi) is 5.40. The predicted octanol–water partition coefficient (Wildman–Crippen LogP) is 5.12. The summed E-state index contributed by atoms with van der Waals surface area (Å²) in [6, 6.07) is 21.3. The molecule has 1 aliphatic rings. The summed E-state index contributed by atoms with van der Waals surface area (Å²) in [7, 11) is 2.03. The van der Waals surface area contributed by atoms with Gasteiger partial charge in [-0.3, -0.25) is 9.58 Å². The van der Waals surface area contributed by atoms with Crippen LogP contribution in [-0.4, -0.2) is 32.8 Å². The van der Waals surface area contributed by atoms with Crippen LogP contribution in [0.2, 0.25) is 0 Å². The van der Waals surface area contributed by atoms with Crippen molar-refractivity contribution in [3.8, 4) is 11.3 Å². The minimum absolute atomic E-state index is 0.206. The number of aromatic nitrogens is 2. The standard InChI is InChI=1S/C26H23FN4O2/c1-30-15-21-24(16-30)29-31(25(21)19-9-2-4-11-22(19)27)14-17-7-6-8-18(13-17)28-23-12-5-3-10-20(23)26(32)33/h2-13,28H,14-16H2,1H3,(H,32,33). The SMILES string of the molecule is CN1Cc2nn(Cc3cccc(Nc4ccccc4C(=O)O)c3)c(-c3ccccc3F)c2C1. The zero-order valence-corrected chi connectivity index (χ0v) is 18.1. The number of aromatic carboxylic acids is 1. The normalized spacial score (nSPS) is 13.2. The zero-order valence-electron chi connectivity index (χ0n) is 18.1. The molecular formula is C26H23FN4O2. The van der Waals surface area contributed by atoms with E-state index in [0.29, 0.717) is 17.8 Å². The van der Waals surface area contributed by atoms with Crippen molar-refractivity contribution in [2.75, 3.05) is 12.4 Å². The number of nitrogens with one attached hydrogen (secondary N) is 1. The molecule has 0 fully saturated rings. The van der Waals surface area contributed by atoms with Crippen LogP contribution in [0.4, 0.5) is 15.8 Å². The van der Waals surface area contributed by atoms with E-state index in [1.165, 1.54) is 6.07 Å². The monoisotopic (exact) mass is 442 g/mol. The Bertz CT molecular complexity index is 1350. The van der Waals surface area contributed by atoms with Gasteiger partial charge >= 0.3 is 5.97 Å².